The predicted molar refractivity (Wildman–Crippen MR) is 190 cm³/mol. The summed E-state index contributed by atoms with van der Waals surface area (Å²) >= 11 is 0. The van der Waals surface area contributed by atoms with Crippen molar-refractivity contribution in [3.63, 3.8) is 0 Å². The van der Waals surface area contributed by atoms with Gasteiger partial charge >= 0.3 is 113 Å². The maximum absolute atomic E-state index is 8.55. The summed E-state index contributed by atoms with van der Waals surface area (Å²) in [6.07, 6.45) is 25.6. The maximum Gasteiger partial charge on any atom is 2.00 e. The molecular weight excluding hydrogens is 807 g/mol. The molecule has 16 nitrogen and oxygen atoms in total. The first-order valence-corrected chi connectivity index (χ1v) is 22.3. The molecule has 8 bridgehead atoms. The summed E-state index contributed by atoms with van der Waals surface area (Å²) in [7, 11) is -10.8. The normalized spacial score (nSPS) is 45.7. The standard InChI is InChI=1S/C32H56N8.3Ca.2H3O4P/c1-2-10-18-17(9-1)25-33-26(18)38-28-21-13-5-6-14-22(21)30(35-28)40-32-24-16-8-7-15-23(24)31(36-32)39-29-20-12-4-3-11-19(20)27(34-29)37-25;;;;2*1-5(2,3)4/h17-40H,1-16H2;;;;2*(H3,1,2,3,4)/q;3*+2;;/p-6. The minimum absolute atomic E-state index is 0. The van der Waals surface area contributed by atoms with Gasteiger partial charge in [0.25, 0.3) is 0 Å². The molecule has 0 aromatic rings. The van der Waals surface area contributed by atoms with E-state index in [1.54, 1.807) is 0 Å². The van der Waals surface area contributed by atoms with Crippen LogP contribution >= 0.6 is 15.6 Å². The summed E-state index contributed by atoms with van der Waals surface area (Å²) in [4.78, 5) is 51.3. The number of rotatable bonds is 0. The summed E-state index contributed by atoms with van der Waals surface area (Å²) in [6.45, 7) is 0. The predicted octanol–water partition coefficient (Wildman–Crippen LogP) is -4.19. The Labute approximate surface area is 404 Å². The van der Waals surface area contributed by atoms with Crippen molar-refractivity contribution < 1.29 is 38.5 Å². The molecule has 5 saturated heterocycles. The maximum atomic E-state index is 8.55. The Balaban J connectivity index is 0.000000432. The van der Waals surface area contributed by atoms with E-state index in [-0.39, 0.29) is 113 Å². The van der Waals surface area contributed by atoms with E-state index in [4.69, 9.17) is 38.5 Å². The molecule has 4 aliphatic carbocycles. The second kappa shape index (κ2) is 21.7. The Bertz CT molecular complexity index is 1020. The Morgan fingerprint density at radius 3 is 0.472 bits per heavy atom. The molecule has 0 spiro atoms. The largest absolute Gasteiger partial charge is 2.00 e. The van der Waals surface area contributed by atoms with Crippen molar-refractivity contribution in [2.24, 2.45) is 47.3 Å². The van der Waals surface area contributed by atoms with Gasteiger partial charge in [0.05, 0.1) is 49.3 Å². The first kappa shape index (κ1) is 49.3. The Morgan fingerprint density at radius 1 is 0.283 bits per heavy atom. The summed E-state index contributed by atoms with van der Waals surface area (Å²) in [5, 5.41) is 33.8. The number of hydrogen-bond donors (Lipinski definition) is 8. The molecule has 21 heteroatoms. The van der Waals surface area contributed by atoms with Crippen molar-refractivity contribution in [3.05, 3.63) is 0 Å². The van der Waals surface area contributed by atoms with E-state index in [1.165, 1.54) is 103 Å². The van der Waals surface area contributed by atoms with Crippen molar-refractivity contribution >= 4 is 129 Å². The fourth-order valence-corrected chi connectivity index (χ4v) is 12.0. The molecule has 288 valence electrons. The zero-order chi connectivity index (χ0) is 35.2. The third-order valence-electron chi connectivity index (χ3n) is 13.8. The summed E-state index contributed by atoms with van der Waals surface area (Å²) in [5.41, 5.74) is 0. The molecule has 53 heavy (non-hydrogen) atoms. The molecule has 0 aromatic heterocycles. The average Bonchev–Trinajstić information content (AvgIpc) is 3.79. The number of nitrogens with one attached hydrogen (secondary N) is 8. The molecule has 4 saturated carbocycles. The minimum atomic E-state index is -5.39. The molecule has 0 radical (unpaired) electrons. The van der Waals surface area contributed by atoms with Crippen molar-refractivity contribution in [2.45, 2.75) is 152 Å². The van der Waals surface area contributed by atoms with Crippen molar-refractivity contribution in [1.82, 2.24) is 42.5 Å². The summed E-state index contributed by atoms with van der Waals surface area (Å²) < 4.78 is 17.1. The fraction of sp³-hybridized carbons (Fsp3) is 1.00. The van der Waals surface area contributed by atoms with Gasteiger partial charge in [-0.1, -0.05) is 51.4 Å². The SMILES string of the molecule is C1CCC2C3NC(NC4NC(NC5NC(NC6NC(N3)C3CCCCC63)C3CCCCC53)C3CCCCC43)C2C1.O=P([O-])([O-])[O-].O=P([O-])([O-])[O-].[Ca+2].[Ca+2].[Ca+2]. The van der Waals surface area contributed by atoms with E-state index >= 15 is 0 Å². The van der Waals surface area contributed by atoms with Crippen LogP contribution in [0.25, 0.3) is 0 Å². The molecule has 8 N–H and O–H groups in total. The van der Waals surface area contributed by atoms with Crippen LogP contribution in [-0.2, 0) is 9.13 Å². The molecule has 5 aliphatic heterocycles. The summed E-state index contributed by atoms with van der Waals surface area (Å²) in [6, 6.07) is 0. The van der Waals surface area contributed by atoms with Crippen LogP contribution in [0.15, 0.2) is 0 Å². The van der Waals surface area contributed by atoms with Gasteiger partial charge in [0, 0.05) is 0 Å². The van der Waals surface area contributed by atoms with E-state index in [1.807, 2.05) is 0 Å². The molecule has 9 fully saturated rings. The first-order valence-electron chi connectivity index (χ1n) is 19.3. The smallest absolute Gasteiger partial charge is 0.822 e. The van der Waals surface area contributed by atoms with Gasteiger partial charge in [0.1, 0.15) is 0 Å². The van der Waals surface area contributed by atoms with Crippen LogP contribution in [0.3, 0.4) is 0 Å². The van der Waals surface area contributed by atoms with Crippen molar-refractivity contribution in [3.8, 4) is 0 Å². The molecule has 0 amide bonds. The van der Waals surface area contributed by atoms with Crippen LogP contribution in [0.5, 0.6) is 0 Å². The molecule has 9 rings (SSSR count). The van der Waals surface area contributed by atoms with Gasteiger partial charge in [0.2, 0.25) is 0 Å². The van der Waals surface area contributed by atoms with Crippen LogP contribution in [-0.4, -0.2) is 163 Å². The molecule has 5 heterocycles. The third kappa shape index (κ3) is 12.9. The Morgan fingerprint density at radius 2 is 0.377 bits per heavy atom. The fourth-order valence-electron chi connectivity index (χ4n) is 12.0. The van der Waals surface area contributed by atoms with Crippen LogP contribution in [0.2, 0.25) is 0 Å². The number of phosphoric acid groups is 2. The molecule has 8 atom stereocenters. The van der Waals surface area contributed by atoms with E-state index < -0.39 is 15.6 Å². The van der Waals surface area contributed by atoms with E-state index in [2.05, 4.69) is 42.5 Å². The van der Waals surface area contributed by atoms with Gasteiger partial charge in [-0.3, -0.25) is 42.5 Å². The first-order chi connectivity index (χ1) is 23.8. The zero-order valence-corrected chi connectivity index (χ0v) is 39.2. The Kier molecular flexibility index (Phi) is 20.2. The molecule has 0 aromatic carbocycles. The molecule has 9 aliphatic rings. The molecular formula is C32H56Ca3N8O8P2. The van der Waals surface area contributed by atoms with Crippen molar-refractivity contribution in [2.75, 3.05) is 0 Å². The second-order valence-electron chi connectivity index (χ2n) is 16.5. The van der Waals surface area contributed by atoms with E-state index in [0.717, 1.165) is 47.3 Å². The number of hydrogen-bond acceptors (Lipinski definition) is 16. The van der Waals surface area contributed by atoms with E-state index in [9.17, 15) is 0 Å². The van der Waals surface area contributed by atoms with E-state index in [0.29, 0.717) is 49.3 Å². The average molecular weight is 863 g/mol. The van der Waals surface area contributed by atoms with Crippen LogP contribution in [0, 0.1) is 47.3 Å². The minimum Gasteiger partial charge on any atom is -0.822 e. The van der Waals surface area contributed by atoms with Crippen molar-refractivity contribution in [1.29, 1.82) is 0 Å². The van der Waals surface area contributed by atoms with Crippen LogP contribution in [0.4, 0.5) is 0 Å². The van der Waals surface area contributed by atoms with Gasteiger partial charge in [-0.25, -0.2) is 0 Å². The van der Waals surface area contributed by atoms with Gasteiger partial charge < -0.3 is 38.5 Å². The molecule has 8 unspecified atom stereocenters. The monoisotopic (exact) mass is 862 g/mol. The number of fused-ring (bicyclic) bond motifs is 20. The van der Waals surface area contributed by atoms with Crippen LogP contribution < -0.4 is 71.9 Å². The summed E-state index contributed by atoms with van der Waals surface area (Å²) in [5.74, 6) is 5.97. The second-order valence-corrected chi connectivity index (χ2v) is 18.3. The Hall–Kier alpha value is 3.68. The topological polar surface area (TPSA) is 269 Å². The van der Waals surface area contributed by atoms with Crippen LogP contribution in [0.1, 0.15) is 103 Å². The zero-order valence-electron chi connectivity index (χ0n) is 30.8. The van der Waals surface area contributed by atoms with Gasteiger partial charge in [-0.15, -0.1) is 0 Å². The quantitative estimate of drug-likeness (QED) is 0.0848. The van der Waals surface area contributed by atoms with Gasteiger partial charge in [0.15, 0.2) is 0 Å². The third-order valence-corrected chi connectivity index (χ3v) is 13.8. The van der Waals surface area contributed by atoms with Gasteiger partial charge in [-0.05, 0) is 98.7 Å². The van der Waals surface area contributed by atoms with Gasteiger partial charge in [-0.2, -0.15) is 15.6 Å².